The van der Waals surface area contributed by atoms with Crippen molar-refractivity contribution in [3.63, 3.8) is 0 Å². The van der Waals surface area contributed by atoms with Crippen molar-refractivity contribution in [2.24, 2.45) is 33.7 Å². The summed E-state index contributed by atoms with van der Waals surface area (Å²) in [5, 5.41) is 13.1. The zero-order chi connectivity index (χ0) is 32.9. The summed E-state index contributed by atoms with van der Waals surface area (Å²) >= 11 is 0. The molecule has 1 aromatic rings. The maximum absolute atomic E-state index is 14.0. The Hall–Kier alpha value is -3.58. The minimum Gasteiger partial charge on any atom is -0.458 e. The topological polar surface area (TPSA) is 88.4 Å². The highest BCUT2D eigenvalue weighted by Crippen LogP contribution is 2.70. The van der Waals surface area contributed by atoms with Gasteiger partial charge in [0.1, 0.15) is 0 Å². The van der Waals surface area contributed by atoms with E-state index in [0.29, 0.717) is 38.2 Å². The Morgan fingerprint density at radius 2 is 1.89 bits per heavy atom. The van der Waals surface area contributed by atoms with Gasteiger partial charge in [0, 0.05) is 37.5 Å². The molecule has 6 atom stereocenters. The van der Waals surface area contributed by atoms with E-state index in [2.05, 4.69) is 47.2 Å². The largest absolute Gasteiger partial charge is 0.458 e. The van der Waals surface area contributed by atoms with Crippen molar-refractivity contribution < 1.29 is 37.4 Å². The number of halogens is 3. The summed E-state index contributed by atoms with van der Waals surface area (Å²) in [6.07, 6.45) is 0.480. The van der Waals surface area contributed by atoms with Gasteiger partial charge in [0.15, 0.2) is 12.4 Å². The number of ketones is 1. The lowest BCUT2D eigenvalue weighted by molar-refractivity contribution is -0.150. The van der Waals surface area contributed by atoms with Crippen molar-refractivity contribution in [2.75, 3.05) is 37.8 Å². The molecule has 5 aliphatic rings. The number of fused-ring (bicyclic) bond motifs is 4. The van der Waals surface area contributed by atoms with Gasteiger partial charge in [-0.3, -0.25) is 9.59 Å². The molecule has 46 heavy (non-hydrogen) atoms. The van der Waals surface area contributed by atoms with Crippen LogP contribution in [0.1, 0.15) is 70.8 Å². The highest BCUT2D eigenvalue weighted by Gasteiger charge is 2.66. The van der Waals surface area contributed by atoms with E-state index in [1.165, 1.54) is 24.0 Å². The molecular weight excluding hydrogens is 597 g/mol. The number of carbonyl (C=O) groups is 2. The van der Waals surface area contributed by atoms with Crippen LogP contribution < -0.4 is 4.90 Å². The maximum atomic E-state index is 14.0. The van der Waals surface area contributed by atoms with E-state index in [0.717, 1.165) is 42.8 Å². The highest BCUT2D eigenvalue weighted by atomic mass is 19.4. The molecule has 1 heterocycles. The fourth-order valence-electron chi connectivity index (χ4n) is 9.31. The summed E-state index contributed by atoms with van der Waals surface area (Å²) in [6, 6.07) is 8.44. The third-order valence-corrected chi connectivity index (χ3v) is 11.4. The van der Waals surface area contributed by atoms with Crippen molar-refractivity contribution in [3.8, 4) is 11.8 Å². The molecule has 1 unspecified atom stereocenters. The van der Waals surface area contributed by atoms with Crippen LogP contribution in [0.4, 0.5) is 18.9 Å². The molecule has 6 rings (SSSR count). The van der Waals surface area contributed by atoms with Crippen molar-refractivity contribution in [1.29, 1.82) is 0 Å². The Kier molecular flexibility index (Phi) is 8.60. The molecule has 7 nitrogen and oxygen atoms in total. The number of ether oxygens (including phenoxy) is 2. The minimum absolute atomic E-state index is 0.0357. The second-order valence-corrected chi connectivity index (χ2v) is 13.7. The Bertz CT molecular complexity index is 1550. The fraction of sp³-hybridized carbons (Fsp3) is 0.583. The molecule has 246 valence electrons. The second kappa shape index (κ2) is 12.2. The van der Waals surface area contributed by atoms with Crippen LogP contribution in [0.15, 0.2) is 52.2 Å². The zero-order valence-corrected chi connectivity index (χ0v) is 26.6. The number of allylic oxidation sites excluding steroid dienone is 4. The lowest BCUT2D eigenvalue weighted by Gasteiger charge is -2.55. The number of hydrogen-bond acceptors (Lipinski definition) is 7. The predicted octanol–water partition coefficient (Wildman–Crippen LogP) is 6.61. The van der Waals surface area contributed by atoms with Gasteiger partial charge in [0.05, 0.1) is 24.3 Å². The van der Waals surface area contributed by atoms with Crippen LogP contribution in [0.5, 0.6) is 0 Å². The minimum atomic E-state index is -4.77. The molecule has 3 fully saturated rings. The van der Waals surface area contributed by atoms with Crippen molar-refractivity contribution in [3.05, 3.63) is 52.6 Å². The summed E-state index contributed by atoms with van der Waals surface area (Å²) in [5.74, 6) is 2.69. The van der Waals surface area contributed by atoms with Gasteiger partial charge in [-0.05, 0) is 96.6 Å². The monoisotopic (exact) mass is 638 g/mol. The van der Waals surface area contributed by atoms with Crippen LogP contribution in [-0.4, -0.2) is 61.8 Å². The second-order valence-electron chi connectivity index (χ2n) is 13.7. The molecule has 0 radical (unpaired) electrons. The molecule has 1 aromatic carbocycles. The molecule has 0 spiro atoms. The standard InChI is InChI=1S/C36H41F3N2O5/c1-22-18-29-31-10-11-35(12-13-36(37,38)39,32(43)21-46-23(2)42)34(31,3)20-30(33(29)27-9-6-25(40-44)19-28(22)27)24-4-7-26(8-5-24)41-14-16-45-17-15-41/h4-5,7-8,19,22,29-31,44H,6,9-11,14-18,20-21H2,1-3H3/t22?,29-,30+,31-,34-,35-/m0/s1. The molecule has 0 amide bonds. The van der Waals surface area contributed by atoms with E-state index in [-0.39, 0.29) is 30.1 Å². The number of rotatable bonds is 5. The first kappa shape index (κ1) is 32.4. The van der Waals surface area contributed by atoms with Crippen LogP contribution in [-0.2, 0) is 19.1 Å². The van der Waals surface area contributed by atoms with Crippen molar-refractivity contribution in [1.82, 2.24) is 0 Å². The average Bonchev–Trinajstić information content (AvgIpc) is 3.35. The first-order valence-corrected chi connectivity index (χ1v) is 16.2. The van der Waals surface area contributed by atoms with E-state index in [4.69, 9.17) is 9.47 Å². The number of Topliss-reactive ketones (excluding diaryl/α,β-unsaturated/α-hetero) is 1. The van der Waals surface area contributed by atoms with Gasteiger partial charge in [0.2, 0.25) is 0 Å². The quantitative estimate of drug-likeness (QED) is 0.169. The Balaban J connectivity index is 1.50. The fourth-order valence-corrected chi connectivity index (χ4v) is 9.31. The molecule has 2 saturated carbocycles. The predicted molar refractivity (Wildman–Crippen MR) is 166 cm³/mol. The average molecular weight is 639 g/mol. The van der Waals surface area contributed by atoms with Crippen molar-refractivity contribution >= 4 is 23.2 Å². The maximum Gasteiger partial charge on any atom is 0.457 e. The molecule has 0 aromatic heterocycles. The molecule has 10 heteroatoms. The first-order chi connectivity index (χ1) is 21.9. The van der Waals surface area contributed by atoms with Crippen molar-refractivity contribution in [2.45, 2.75) is 71.4 Å². The highest BCUT2D eigenvalue weighted by molar-refractivity contribution is 5.97. The lowest BCUT2D eigenvalue weighted by Crippen LogP contribution is -2.52. The SMILES string of the molecule is CC(=O)OCC(=O)[C@@]1(C#CC(F)(F)F)CC[C@H]2[C@@H]3CC(C)C4=CC(=NO)CCC4=C3[C@@H](c3ccc(N4CCOCC4)cc3)C[C@@]21C. The number of esters is 1. The Labute approximate surface area is 267 Å². The summed E-state index contributed by atoms with van der Waals surface area (Å²) in [5.41, 5.74) is 3.98. The van der Waals surface area contributed by atoms with Crippen LogP contribution >= 0.6 is 0 Å². The van der Waals surface area contributed by atoms with E-state index in [1.54, 1.807) is 0 Å². The van der Waals surface area contributed by atoms with E-state index in [9.17, 15) is 28.0 Å². The number of carbonyl (C=O) groups excluding carboxylic acids is 2. The third kappa shape index (κ3) is 5.65. The summed E-state index contributed by atoms with van der Waals surface area (Å²) < 4.78 is 51.7. The number of alkyl halides is 3. The van der Waals surface area contributed by atoms with E-state index < -0.39 is 35.4 Å². The van der Waals surface area contributed by atoms with E-state index >= 15 is 0 Å². The number of anilines is 1. The molecule has 4 aliphatic carbocycles. The number of benzene rings is 1. The smallest absolute Gasteiger partial charge is 0.457 e. The molecule has 1 aliphatic heterocycles. The first-order valence-electron chi connectivity index (χ1n) is 16.2. The van der Waals surface area contributed by atoms with Gasteiger partial charge < -0.3 is 19.6 Å². The number of hydrogen-bond donors (Lipinski definition) is 1. The summed E-state index contributed by atoms with van der Waals surface area (Å²) in [6.45, 7) is 7.60. The zero-order valence-electron chi connectivity index (χ0n) is 26.6. The summed E-state index contributed by atoms with van der Waals surface area (Å²) in [4.78, 5) is 28.0. The van der Waals surface area contributed by atoms with Gasteiger partial charge in [-0.25, -0.2) is 0 Å². The van der Waals surface area contributed by atoms with Crippen LogP contribution in [0.2, 0.25) is 0 Å². The van der Waals surface area contributed by atoms with E-state index in [1.807, 2.05) is 13.0 Å². The molecule has 0 bridgehead atoms. The molecule has 1 saturated heterocycles. The lowest BCUT2D eigenvalue weighted by atomic mass is 9.47. The van der Waals surface area contributed by atoms with Crippen LogP contribution in [0, 0.1) is 40.4 Å². The number of nitrogens with zero attached hydrogens (tertiary/aromatic N) is 2. The Morgan fingerprint density at radius 1 is 1.17 bits per heavy atom. The van der Waals surface area contributed by atoms with Gasteiger partial charge in [-0.15, -0.1) is 0 Å². The van der Waals surface area contributed by atoms with Gasteiger partial charge in [-0.1, -0.05) is 42.6 Å². The third-order valence-electron chi connectivity index (χ3n) is 11.4. The van der Waals surface area contributed by atoms with Gasteiger partial charge >= 0.3 is 12.1 Å². The molecule has 1 N–H and O–H groups in total. The van der Waals surface area contributed by atoms with Gasteiger partial charge in [-0.2, -0.15) is 13.2 Å². The number of oxime groups is 1. The summed E-state index contributed by atoms with van der Waals surface area (Å²) in [7, 11) is 0. The normalized spacial score (nSPS) is 33.3. The van der Waals surface area contributed by atoms with Crippen LogP contribution in [0.25, 0.3) is 0 Å². The Morgan fingerprint density at radius 3 is 2.54 bits per heavy atom. The molecular formula is C36H41F3N2O5. The number of morpholine rings is 1. The van der Waals surface area contributed by atoms with Crippen LogP contribution in [0.3, 0.4) is 0 Å². The van der Waals surface area contributed by atoms with Gasteiger partial charge in [0.25, 0.3) is 0 Å².